The number of rotatable bonds is 10. The van der Waals surface area contributed by atoms with Crippen molar-refractivity contribution in [1.29, 1.82) is 0 Å². The highest BCUT2D eigenvalue weighted by atomic mass is 79.9. The van der Waals surface area contributed by atoms with Crippen molar-refractivity contribution in [2.24, 2.45) is 17.8 Å². The molecule has 208 valence electrons. The van der Waals surface area contributed by atoms with Crippen LogP contribution in [0.1, 0.15) is 90.0 Å². The summed E-state index contributed by atoms with van der Waals surface area (Å²) in [4.78, 5) is 28.7. The molecule has 0 bridgehead atoms. The molecule has 1 aromatic carbocycles. The van der Waals surface area contributed by atoms with Gasteiger partial charge in [0.25, 0.3) is 0 Å². The van der Waals surface area contributed by atoms with E-state index < -0.39 is 23.9 Å². The summed E-state index contributed by atoms with van der Waals surface area (Å²) in [5.74, 6) is -1.55. The van der Waals surface area contributed by atoms with Gasteiger partial charge >= 0.3 is 0 Å². The number of phenolic OH excluding ortho intramolecular Hbond substituents is 1. The fourth-order valence-electron chi connectivity index (χ4n) is 6.91. The molecule has 3 N–H and O–H groups in total. The Bertz CT molecular complexity index is 1090. The highest BCUT2D eigenvalue weighted by molar-refractivity contribution is 9.10. The molecule has 2 fully saturated rings. The normalized spacial score (nSPS) is 25.8. The predicted molar refractivity (Wildman–Crippen MR) is 152 cm³/mol. The molecule has 1 heterocycles. The third kappa shape index (κ3) is 5.95. The molecule has 6 nitrogen and oxygen atoms in total. The molecular weight excluding hydrogens is 546 g/mol. The van der Waals surface area contributed by atoms with E-state index in [2.05, 4.69) is 29.8 Å². The number of aliphatic hydroxyl groups is 2. The lowest BCUT2D eigenvalue weighted by atomic mass is 9.67. The Morgan fingerprint density at radius 3 is 2.55 bits per heavy atom. The summed E-state index contributed by atoms with van der Waals surface area (Å²) in [6, 6.07) is 5.29. The Morgan fingerprint density at radius 1 is 1.16 bits per heavy atom. The fraction of sp³-hybridized carbons (Fsp3) is 0.613. The minimum Gasteiger partial charge on any atom is -0.507 e. The summed E-state index contributed by atoms with van der Waals surface area (Å²) in [6.07, 6.45) is 10.1. The second-order valence-corrected chi connectivity index (χ2v) is 12.1. The summed E-state index contributed by atoms with van der Waals surface area (Å²) in [6.45, 7) is 3.88. The number of allylic oxidation sites excluding steroid dienone is 2. The van der Waals surface area contributed by atoms with Crippen molar-refractivity contribution in [1.82, 2.24) is 4.90 Å². The molecular formula is C31H42BrNO5. The lowest BCUT2D eigenvalue weighted by molar-refractivity contribution is -0.143. The minimum absolute atomic E-state index is 0.0246. The molecule has 2 amide bonds. The predicted octanol–water partition coefficient (Wildman–Crippen LogP) is 6.13. The smallest absolute Gasteiger partial charge is 0.234 e. The van der Waals surface area contributed by atoms with Gasteiger partial charge in [0.05, 0.1) is 24.5 Å². The number of hydrogen-bond acceptors (Lipinski definition) is 5. The van der Waals surface area contributed by atoms with E-state index in [1.807, 2.05) is 12.1 Å². The van der Waals surface area contributed by atoms with E-state index in [0.29, 0.717) is 19.3 Å². The quantitative estimate of drug-likeness (QED) is 0.226. The number of hydrogen-bond donors (Lipinski definition) is 3. The van der Waals surface area contributed by atoms with Crippen LogP contribution in [0.3, 0.4) is 0 Å². The highest BCUT2D eigenvalue weighted by Crippen LogP contribution is 2.48. The van der Waals surface area contributed by atoms with Crippen LogP contribution in [-0.4, -0.2) is 50.8 Å². The maximum Gasteiger partial charge on any atom is 0.234 e. The van der Waals surface area contributed by atoms with E-state index in [4.69, 9.17) is 0 Å². The lowest BCUT2D eigenvalue weighted by Crippen LogP contribution is -2.42. The van der Waals surface area contributed by atoms with Crippen LogP contribution in [0.25, 0.3) is 6.08 Å². The third-order valence-corrected chi connectivity index (χ3v) is 9.30. The van der Waals surface area contributed by atoms with Crippen LogP contribution in [0, 0.1) is 17.8 Å². The largest absolute Gasteiger partial charge is 0.507 e. The molecule has 4 atom stereocenters. The fourth-order valence-corrected chi connectivity index (χ4v) is 7.29. The summed E-state index contributed by atoms with van der Waals surface area (Å²) in [5, 5.41) is 32.3. The number of benzene rings is 1. The first-order chi connectivity index (χ1) is 18.3. The molecule has 1 aromatic rings. The first kappa shape index (κ1) is 29.0. The Labute approximate surface area is 234 Å². The summed E-state index contributed by atoms with van der Waals surface area (Å²) >= 11 is 3.45. The second-order valence-electron chi connectivity index (χ2n) is 11.2. The van der Waals surface area contributed by atoms with E-state index >= 15 is 0 Å². The number of nitrogens with zero attached hydrogens (tertiary/aromatic N) is 1. The number of carbonyl (C=O) groups is 2. The first-order valence-corrected chi connectivity index (χ1v) is 15.2. The number of aromatic hydroxyl groups is 1. The van der Waals surface area contributed by atoms with E-state index in [1.54, 1.807) is 17.0 Å². The number of aliphatic hydroxyl groups excluding tert-OH is 2. The number of carbonyl (C=O) groups excluding carboxylic acids is 2. The van der Waals surface area contributed by atoms with Crippen LogP contribution in [0.2, 0.25) is 0 Å². The van der Waals surface area contributed by atoms with Crippen molar-refractivity contribution in [3.63, 3.8) is 0 Å². The monoisotopic (exact) mass is 587 g/mol. The first-order valence-electron chi connectivity index (χ1n) is 14.4. The summed E-state index contributed by atoms with van der Waals surface area (Å²) in [5.41, 5.74) is 3.64. The average molecular weight is 589 g/mol. The molecule has 0 aromatic heterocycles. The molecule has 1 aliphatic heterocycles. The van der Waals surface area contributed by atoms with Crippen LogP contribution >= 0.6 is 15.9 Å². The van der Waals surface area contributed by atoms with Gasteiger partial charge in [0, 0.05) is 22.0 Å². The zero-order chi connectivity index (χ0) is 27.4. The van der Waals surface area contributed by atoms with Crippen molar-refractivity contribution >= 4 is 33.8 Å². The molecule has 38 heavy (non-hydrogen) atoms. The second kappa shape index (κ2) is 12.9. The lowest BCUT2D eigenvalue weighted by Gasteiger charge is -2.36. The number of fused-ring (bicyclic) bond motifs is 1. The summed E-state index contributed by atoms with van der Waals surface area (Å²) in [7, 11) is 0. The number of imide groups is 1. The van der Waals surface area contributed by atoms with Crippen molar-refractivity contribution in [2.75, 3.05) is 6.61 Å². The molecule has 0 radical (unpaired) electrons. The average Bonchev–Trinajstić information content (AvgIpc) is 3.17. The van der Waals surface area contributed by atoms with E-state index in [1.165, 1.54) is 0 Å². The molecule has 0 unspecified atom stereocenters. The van der Waals surface area contributed by atoms with Gasteiger partial charge in [-0.1, -0.05) is 72.7 Å². The number of phenols is 1. The van der Waals surface area contributed by atoms with Crippen LogP contribution in [0.4, 0.5) is 0 Å². The Hall–Kier alpha value is -1.96. The minimum atomic E-state index is -0.799. The molecule has 0 spiro atoms. The van der Waals surface area contributed by atoms with Crippen LogP contribution in [0.15, 0.2) is 39.4 Å². The number of likely N-dealkylation sites (tertiary alicyclic amines) is 1. The van der Waals surface area contributed by atoms with Crippen molar-refractivity contribution < 1.29 is 24.9 Å². The van der Waals surface area contributed by atoms with Gasteiger partial charge < -0.3 is 15.3 Å². The molecule has 3 aliphatic rings. The van der Waals surface area contributed by atoms with Crippen LogP contribution in [0.5, 0.6) is 5.75 Å². The van der Waals surface area contributed by atoms with Crippen molar-refractivity contribution in [2.45, 2.75) is 96.6 Å². The number of halogens is 1. The third-order valence-electron chi connectivity index (χ3n) is 8.81. The maximum atomic E-state index is 13.7. The number of amides is 2. The van der Waals surface area contributed by atoms with E-state index in [-0.39, 0.29) is 30.2 Å². The molecule has 1 saturated carbocycles. The van der Waals surface area contributed by atoms with Gasteiger partial charge in [0.2, 0.25) is 11.8 Å². The molecule has 2 aliphatic carbocycles. The van der Waals surface area contributed by atoms with Crippen molar-refractivity contribution in [3.8, 4) is 5.75 Å². The maximum absolute atomic E-state index is 13.7. The zero-order valence-corrected chi connectivity index (χ0v) is 24.3. The van der Waals surface area contributed by atoms with Gasteiger partial charge in [0.15, 0.2) is 0 Å². The van der Waals surface area contributed by atoms with Crippen LogP contribution < -0.4 is 0 Å². The van der Waals surface area contributed by atoms with Crippen molar-refractivity contribution in [3.05, 3.63) is 45.0 Å². The molecule has 1 saturated heterocycles. The molecule has 7 heteroatoms. The molecule has 4 rings (SSSR count). The SMILES string of the molecule is CCCC1=C([C@H](O)CC/C(=C/c2cc(Br)ccc2O)CC)[C@H](CO)[C@@H]2C(=O)N(C3CCCCC3)C(=O)[C@@H]2C1. The zero-order valence-electron chi connectivity index (χ0n) is 22.7. The van der Waals surface area contributed by atoms with Gasteiger partial charge in [-0.05, 0) is 68.7 Å². The van der Waals surface area contributed by atoms with Gasteiger partial charge in [-0.3, -0.25) is 14.5 Å². The van der Waals surface area contributed by atoms with Crippen LogP contribution in [-0.2, 0) is 9.59 Å². The van der Waals surface area contributed by atoms with Gasteiger partial charge in [-0.15, -0.1) is 0 Å². The Balaban J connectivity index is 1.57. The van der Waals surface area contributed by atoms with E-state index in [9.17, 15) is 24.9 Å². The topological polar surface area (TPSA) is 98.1 Å². The van der Waals surface area contributed by atoms with Gasteiger partial charge in [0.1, 0.15) is 5.75 Å². The Kier molecular flexibility index (Phi) is 9.88. The highest BCUT2D eigenvalue weighted by Gasteiger charge is 2.56. The standard InChI is InChI=1S/C31H42BrNO5/c1-3-8-20-17-24-29(31(38)33(30(24)37)23-9-6-5-7-10-23)25(18-34)28(20)27(36)13-11-19(4-2)15-21-16-22(32)12-14-26(21)35/h12,14-16,23-25,27,29,34-36H,3-11,13,17-18H2,1-2H3/b19-15+/t24-,25+,27-,29-/m1/s1. The van der Waals surface area contributed by atoms with Gasteiger partial charge in [-0.25, -0.2) is 0 Å². The Morgan fingerprint density at radius 2 is 1.89 bits per heavy atom. The van der Waals surface area contributed by atoms with E-state index in [0.717, 1.165) is 78.1 Å². The summed E-state index contributed by atoms with van der Waals surface area (Å²) < 4.78 is 0.881. The van der Waals surface area contributed by atoms with Gasteiger partial charge in [-0.2, -0.15) is 0 Å².